The van der Waals surface area contributed by atoms with Crippen molar-refractivity contribution >= 4 is 23.2 Å². The van der Waals surface area contributed by atoms with Gasteiger partial charge in [0.1, 0.15) is 12.4 Å². The van der Waals surface area contributed by atoms with E-state index < -0.39 is 0 Å². The predicted molar refractivity (Wildman–Crippen MR) is 82.6 cm³/mol. The van der Waals surface area contributed by atoms with Crippen molar-refractivity contribution in [3.8, 4) is 17.1 Å². The van der Waals surface area contributed by atoms with E-state index in [9.17, 15) is 0 Å². The molecule has 0 spiro atoms. The number of aromatic amines is 1. The molecule has 2 aromatic carbocycles. The summed E-state index contributed by atoms with van der Waals surface area (Å²) in [4.78, 5) is 4.38. The Labute approximate surface area is 131 Å². The van der Waals surface area contributed by atoms with Gasteiger partial charge in [0.15, 0.2) is 11.6 Å². The van der Waals surface area contributed by atoms with Gasteiger partial charge in [-0.25, -0.2) is 4.98 Å². The van der Waals surface area contributed by atoms with Gasteiger partial charge >= 0.3 is 0 Å². The summed E-state index contributed by atoms with van der Waals surface area (Å²) in [7, 11) is 0. The maximum absolute atomic E-state index is 6.04. The number of nitrogens with zero attached hydrogens (tertiary/aromatic N) is 2. The zero-order chi connectivity index (χ0) is 14.7. The average molecular weight is 320 g/mol. The normalized spacial score (nSPS) is 10.6. The van der Waals surface area contributed by atoms with Crippen LogP contribution in [0.2, 0.25) is 10.0 Å². The maximum Gasteiger partial charge on any atom is 0.181 e. The minimum Gasteiger partial charge on any atom is -0.484 e. The van der Waals surface area contributed by atoms with Gasteiger partial charge in [0.2, 0.25) is 0 Å². The Morgan fingerprint density at radius 2 is 1.86 bits per heavy atom. The van der Waals surface area contributed by atoms with E-state index in [1.807, 2.05) is 30.3 Å². The number of rotatable bonds is 4. The first-order chi connectivity index (χ1) is 10.2. The summed E-state index contributed by atoms with van der Waals surface area (Å²) in [6.07, 6.45) is 0. The number of aromatic nitrogens is 3. The molecule has 0 amide bonds. The van der Waals surface area contributed by atoms with Crippen LogP contribution in [0.15, 0.2) is 48.5 Å². The molecule has 0 unspecified atom stereocenters. The highest BCUT2D eigenvalue weighted by atomic mass is 35.5. The Morgan fingerprint density at radius 3 is 2.62 bits per heavy atom. The average Bonchev–Trinajstić information content (AvgIpc) is 2.96. The second-order valence-corrected chi connectivity index (χ2v) is 5.18. The molecule has 1 heterocycles. The molecule has 3 aromatic rings. The molecule has 0 saturated heterocycles. The van der Waals surface area contributed by atoms with Crippen molar-refractivity contribution in [1.82, 2.24) is 15.2 Å². The summed E-state index contributed by atoms with van der Waals surface area (Å²) in [6, 6.07) is 14.8. The van der Waals surface area contributed by atoms with Crippen LogP contribution in [0.5, 0.6) is 5.75 Å². The lowest BCUT2D eigenvalue weighted by Crippen LogP contribution is -1.98. The van der Waals surface area contributed by atoms with Gasteiger partial charge in [0.25, 0.3) is 0 Å². The Bertz CT molecular complexity index is 744. The van der Waals surface area contributed by atoms with Crippen molar-refractivity contribution in [1.29, 1.82) is 0 Å². The summed E-state index contributed by atoms with van der Waals surface area (Å²) in [5.41, 5.74) is 0.949. The van der Waals surface area contributed by atoms with Gasteiger partial charge < -0.3 is 4.74 Å². The molecule has 0 radical (unpaired) electrons. The van der Waals surface area contributed by atoms with E-state index >= 15 is 0 Å². The second kappa shape index (κ2) is 6.16. The molecule has 0 bridgehead atoms. The Balaban J connectivity index is 1.70. The van der Waals surface area contributed by atoms with E-state index in [-0.39, 0.29) is 6.61 Å². The molecule has 0 saturated carbocycles. The van der Waals surface area contributed by atoms with E-state index in [2.05, 4.69) is 15.2 Å². The molecule has 0 fully saturated rings. The fourth-order valence-electron chi connectivity index (χ4n) is 1.81. The van der Waals surface area contributed by atoms with Crippen LogP contribution in [0.1, 0.15) is 5.82 Å². The van der Waals surface area contributed by atoms with Gasteiger partial charge in [0, 0.05) is 10.6 Å². The molecule has 6 heteroatoms. The smallest absolute Gasteiger partial charge is 0.181 e. The van der Waals surface area contributed by atoms with Crippen LogP contribution in [0.25, 0.3) is 11.4 Å². The molecule has 0 aliphatic heterocycles. The summed E-state index contributed by atoms with van der Waals surface area (Å²) in [5, 5.41) is 8.05. The van der Waals surface area contributed by atoms with E-state index in [0.717, 1.165) is 5.56 Å². The summed E-state index contributed by atoms with van der Waals surface area (Å²) >= 11 is 11.9. The van der Waals surface area contributed by atoms with Gasteiger partial charge in [-0.3, -0.25) is 5.10 Å². The van der Waals surface area contributed by atoms with Gasteiger partial charge in [-0.1, -0.05) is 53.5 Å². The topological polar surface area (TPSA) is 50.8 Å². The van der Waals surface area contributed by atoms with Crippen molar-refractivity contribution in [2.24, 2.45) is 0 Å². The minimum atomic E-state index is 0.251. The zero-order valence-electron chi connectivity index (χ0n) is 10.9. The van der Waals surface area contributed by atoms with Crippen LogP contribution in [0.4, 0.5) is 0 Å². The van der Waals surface area contributed by atoms with Crippen LogP contribution in [-0.4, -0.2) is 15.2 Å². The molecular formula is C15H11Cl2N3O. The number of hydrogen-bond donors (Lipinski definition) is 1. The number of halogens is 2. The number of benzene rings is 2. The van der Waals surface area contributed by atoms with Gasteiger partial charge in [-0.15, -0.1) is 0 Å². The third-order valence-electron chi connectivity index (χ3n) is 2.82. The summed E-state index contributed by atoms with van der Waals surface area (Å²) in [6.45, 7) is 0.251. The van der Waals surface area contributed by atoms with Gasteiger partial charge in [0.05, 0.1) is 5.02 Å². The minimum absolute atomic E-state index is 0.251. The first kappa shape index (κ1) is 13.9. The van der Waals surface area contributed by atoms with E-state index in [0.29, 0.717) is 27.4 Å². The van der Waals surface area contributed by atoms with Crippen molar-refractivity contribution in [3.05, 3.63) is 64.4 Å². The monoisotopic (exact) mass is 319 g/mol. The highest BCUT2D eigenvalue weighted by molar-refractivity contribution is 6.35. The lowest BCUT2D eigenvalue weighted by Gasteiger charge is -2.05. The third kappa shape index (κ3) is 3.35. The molecule has 3 rings (SSSR count). The molecule has 0 aliphatic rings. The van der Waals surface area contributed by atoms with Crippen molar-refractivity contribution in [2.45, 2.75) is 6.61 Å². The van der Waals surface area contributed by atoms with Crippen molar-refractivity contribution in [2.75, 3.05) is 0 Å². The molecule has 1 N–H and O–H groups in total. The van der Waals surface area contributed by atoms with Crippen LogP contribution in [-0.2, 0) is 6.61 Å². The predicted octanol–water partition coefficient (Wildman–Crippen LogP) is 4.36. The number of ether oxygens (including phenoxy) is 1. The number of nitrogens with one attached hydrogen (secondary N) is 1. The van der Waals surface area contributed by atoms with Crippen LogP contribution >= 0.6 is 23.2 Å². The van der Waals surface area contributed by atoms with E-state index in [1.54, 1.807) is 18.2 Å². The highest BCUT2D eigenvalue weighted by Gasteiger charge is 2.07. The summed E-state index contributed by atoms with van der Waals surface area (Å²) < 4.78 is 5.60. The molecular weight excluding hydrogens is 309 g/mol. The van der Waals surface area contributed by atoms with Gasteiger partial charge in [-0.05, 0) is 18.2 Å². The van der Waals surface area contributed by atoms with Crippen molar-refractivity contribution < 1.29 is 4.74 Å². The standard InChI is InChI=1S/C15H11Cl2N3O/c16-11-6-7-13(12(17)8-11)21-9-14-18-15(20-19-14)10-4-2-1-3-5-10/h1-8H,9H2,(H,18,19,20). The van der Waals surface area contributed by atoms with Crippen LogP contribution in [0.3, 0.4) is 0 Å². The fraction of sp³-hybridized carbons (Fsp3) is 0.0667. The quantitative estimate of drug-likeness (QED) is 0.777. The van der Waals surface area contributed by atoms with E-state index in [4.69, 9.17) is 27.9 Å². The second-order valence-electron chi connectivity index (χ2n) is 4.34. The largest absolute Gasteiger partial charge is 0.484 e. The number of H-pyrrole nitrogens is 1. The fourth-order valence-corrected chi connectivity index (χ4v) is 2.28. The molecule has 21 heavy (non-hydrogen) atoms. The van der Waals surface area contributed by atoms with E-state index in [1.165, 1.54) is 0 Å². The first-order valence-electron chi connectivity index (χ1n) is 6.27. The lowest BCUT2D eigenvalue weighted by atomic mass is 10.2. The first-order valence-corrected chi connectivity index (χ1v) is 7.02. The van der Waals surface area contributed by atoms with Crippen molar-refractivity contribution in [3.63, 3.8) is 0 Å². The SMILES string of the molecule is Clc1ccc(OCc2nc(-c3ccccc3)n[nH]2)c(Cl)c1. The Kier molecular flexibility index (Phi) is 4.08. The van der Waals surface area contributed by atoms with Crippen LogP contribution < -0.4 is 4.74 Å². The Morgan fingerprint density at radius 1 is 1.05 bits per heavy atom. The molecule has 4 nitrogen and oxygen atoms in total. The highest BCUT2D eigenvalue weighted by Crippen LogP contribution is 2.28. The molecule has 1 aromatic heterocycles. The maximum atomic E-state index is 6.04. The molecule has 106 valence electrons. The molecule has 0 aliphatic carbocycles. The molecule has 0 atom stereocenters. The Hall–Kier alpha value is -2.04. The zero-order valence-corrected chi connectivity index (χ0v) is 12.4. The third-order valence-corrected chi connectivity index (χ3v) is 3.35. The number of hydrogen-bond acceptors (Lipinski definition) is 3. The lowest BCUT2D eigenvalue weighted by molar-refractivity contribution is 0.296. The summed E-state index contributed by atoms with van der Waals surface area (Å²) in [5.74, 6) is 1.81. The van der Waals surface area contributed by atoms with Crippen LogP contribution in [0, 0.1) is 0 Å². The van der Waals surface area contributed by atoms with Gasteiger partial charge in [-0.2, -0.15) is 5.10 Å².